The van der Waals surface area contributed by atoms with Crippen LogP contribution in [0.3, 0.4) is 0 Å². The zero-order valence-corrected chi connectivity index (χ0v) is 19.7. The molecule has 3 amide bonds. The van der Waals surface area contributed by atoms with Crippen LogP contribution in [0.25, 0.3) is 0 Å². The minimum absolute atomic E-state index is 0.0769. The number of carbonyl (C=O) groups is 3. The van der Waals surface area contributed by atoms with Crippen molar-refractivity contribution in [3.05, 3.63) is 101 Å². The Balaban J connectivity index is 1.65. The number of hydrazine groups is 1. The lowest BCUT2D eigenvalue weighted by Crippen LogP contribution is -2.43. The summed E-state index contributed by atoms with van der Waals surface area (Å²) >= 11 is 6.11. The molecule has 0 radical (unpaired) electrons. The maximum absolute atomic E-state index is 12.7. The Morgan fingerprint density at radius 3 is 2.06 bits per heavy atom. The Kier molecular flexibility index (Phi) is 8.04. The number of nitrogens with one attached hydrogen (secondary N) is 3. The van der Waals surface area contributed by atoms with Crippen LogP contribution in [-0.2, 0) is 14.6 Å². The van der Waals surface area contributed by atoms with Crippen LogP contribution in [0.1, 0.15) is 38.7 Å². The van der Waals surface area contributed by atoms with Gasteiger partial charge in [0.2, 0.25) is 5.91 Å². The van der Waals surface area contributed by atoms with E-state index < -0.39 is 33.6 Å². The van der Waals surface area contributed by atoms with Crippen LogP contribution in [0, 0.1) is 0 Å². The van der Waals surface area contributed by atoms with Gasteiger partial charge in [0.05, 0.1) is 27.9 Å². The fraction of sp³-hybridized carbons (Fsp3) is 0.125. The zero-order valence-electron chi connectivity index (χ0n) is 18.1. The standard InChI is InChI=1S/C24H22ClN3O5S/c1-34(32,33)18-13-11-17(12-14-18)23(30)28-27-22(29)15-21(16-7-3-2-4-8-16)26-24(31)19-9-5-6-10-20(19)25/h2-14,21H,15H2,1H3,(H,26,31)(H,27,29)(H,28,30). The minimum atomic E-state index is -3.39. The molecule has 0 aromatic heterocycles. The molecule has 1 atom stereocenters. The van der Waals surface area contributed by atoms with Gasteiger partial charge in [0, 0.05) is 11.8 Å². The van der Waals surface area contributed by atoms with Gasteiger partial charge in [-0.25, -0.2) is 8.42 Å². The molecule has 0 aliphatic heterocycles. The van der Waals surface area contributed by atoms with Gasteiger partial charge in [-0.2, -0.15) is 0 Å². The van der Waals surface area contributed by atoms with Crippen LogP contribution >= 0.6 is 11.6 Å². The van der Waals surface area contributed by atoms with Crippen molar-refractivity contribution >= 4 is 39.2 Å². The number of hydrogen-bond acceptors (Lipinski definition) is 5. The second-order valence-electron chi connectivity index (χ2n) is 7.42. The van der Waals surface area contributed by atoms with Crippen molar-refractivity contribution in [2.75, 3.05) is 6.26 Å². The van der Waals surface area contributed by atoms with Crippen molar-refractivity contribution in [2.24, 2.45) is 0 Å². The fourth-order valence-electron chi connectivity index (χ4n) is 3.11. The van der Waals surface area contributed by atoms with Crippen molar-refractivity contribution in [1.82, 2.24) is 16.2 Å². The highest BCUT2D eigenvalue weighted by Gasteiger charge is 2.21. The van der Waals surface area contributed by atoms with Crippen LogP contribution in [-0.4, -0.2) is 32.4 Å². The molecule has 8 nitrogen and oxygen atoms in total. The predicted molar refractivity (Wildman–Crippen MR) is 128 cm³/mol. The largest absolute Gasteiger partial charge is 0.345 e. The van der Waals surface area contributed by atoms with Crippen LogP contribution in [0.4, 0.5) is 0 Å². The normalized spacial score (nSPS) is 11.8. The highest BCUT2D eigenvalue weighted by atomic mass is 35.5. The molecule has 0 bridgehead atoms. The Hall–Kier alpha value is -3.69. The van der Waals surface area contributed by atoms with Gasteiger partial charge >= 0.3 is 0 Å². The molecule has 0 aliphatic carbocycles. The molecule has 3 N–H and O–H groups in total. The zero-order chi connectivity index (χ0) is 24.7. The van der Waals surface area contributed by atoms with Crippen molar-refractivity contribution in [3.8, 4) is 0 Å². The topological polar surface area (TPSA) is 121 Å². The Bertz CT molecular complexity index is 1300. The van der Waals surface area contributed by atoms with E-state index in [2.05, 4.69) is 16.2 Å². The van der Waals surface area contributed by atoms with E-state index in [-0.39, 0.29) is 27.5 Å². The van der Waals surface area contributed by atoms with E-state index in [1.165, 1.54) is 24.3 Å². The third-order valence-corrected chi connectivity index (χ3v) is 6.33. The minimum Gasteiger partial charge on any atom is -0.345 e. The molecule has 1 unspecified atom stereocenters. The van der Waals surface area contributed by atoms with Crippen molar-refractivity contribution in [3.63, 3.8) is 0 Å². The molecule has 3 aromatic carbocycles. The molecule has 3 aromatic rings. The second kappa shape index (κ2) is 11.0. The van der Waals surface area contributed by atoms with Gasteiger partial charge < -0.3 is 5.32 Å². The molecule has 3 rings (SSSR count). The van der Waals surface area contributed by atoms with E-state index in [0.29, 0.717) is 5.56 Å². The predicted octanol–water partition coefficient (Wildman–Crippen LogP) is 3.07. The molecule has 10 heteroatoms. The Morgan fingerprint density at radius 1 is 0.824 bits per heavy atom. The van der Waals surface area contributed by atoms with Gasteiger partial charge in [0.15, 0.2) is 9.84 Å². The summed E-state index contributed by atoms with van der Waals surface area (Å²) in [5.74, 6) is -1.61. The van der Waals surface area contributed by atoms with E-state index in [1.54, 1.807) is 48.5 Å². The lowest BCUT2D eigenvalue weighted by atomic mass is 10.0. The number of hydrogen-bond donors (Lipinski definition) is 3. The molecular weight excluding hydrogens is 478 g/mol. The first-order valence-corrected chi connectivity index (χ1v) is 12.4. The fourth-order valence-corrected chi connectivity index (χ4v) is 3.96. The van der Waals surface area contributed by atoms with E-state index >= 15 is 0 Å². The van der Waals surface area contributed by atoms with Crippen molar-refractivity contribution in [1.29, 1.82) is 0 Å². The van der Waals surface area contributed by atoms with Crippen molar-refractivity contribution in [2.45, 2.75) is 17.4 Å². The summed E-state index contributed by atoms with van der Waals surface area (Å²) < 4.78 is 23.1. The van der Waals surface area contributed by atoms with Gasteiger partial charge in [-0.05, 0) is 42.0 Å². The van der Waals surface area contributed by atoms with Crippen LogP contribution in [0.5, 0.6) is 0 Å². The van der Waals surface area contributed by atoms with Crippen LogP contribution < -0.4 is 16.2 Å². The van der Waals surface area contributed by atoms with Gasteiger partial charge in [-0.1, -0.05) is 54.1 Å². The number of amides is 3. The van der Waals surface area contributed by atoms with Crippen LogP contribution in [0.2, 0.25) is 5.02 Å². The van der Waals surface area contributed by atoms with Gasteiger partial charge in [-0.3, -0.25) is 25.2 Å². The molecule has 0 saturated carbocycles. The Morgan fingerprint density at radius 2 is 1.44 bits per heavy atom. The third-order valence-electron chi connectivity index (χ3n) is 4.88. The summed E-state index contributed by atoms with van der Waals surface area (Å²) in [6.07, 6.45) is 0.906. The van der Waals surface area contributed by atoms with E-state index in [1.807, 2.05) is 6.07 Å². The molecule has 0 heterocycles. The average molecular weight is 500 g/mol. The molecule has 34 heavy (non-hydrogen) atoms. The number of carbonyl (C=O) groups excluding carboxylic acids is 3. The van der Waals surface area contributed by atoms with Gasteiger partial charge in [0.1, 0.15) is 0 Å². The summed E-state index contributed by atoms with van der Waals surface area (Å²) in [5.41, 5.74) is 5.74. The number of benzene rings is 3. The second-order valence-corrected chi connectivity index (χ2v) is 9.84. The number of rotatable bonds is 7. The lowest BCUT2D eigenvalue weighted by molar-refractivity contribution is -0.122. The summed E-state index contributed by atoms with van der Waals surface area (Å²) in [7, 11) is -3.39. The van der Waals surface area contributed by atoms with Crippen LogP contribution in [0.15, 0.2) is 83.8 Å². The molecule has 0 aliphatic rings. The maximum atomic E-state index is 12.7. The van der Waals surface area contributed by atoms with Gasteiger partial charge in [-0.15, -0.1) is 0 Å². The average Bonchev–Trinajstić information content (AvgIpc) is 2.82. The maximum Gasteiger partial charge on any atom is 0.269 e. The summed E-state index contributed by atoms with van der Waals surface area (Å²) in [5, 5.41) is 3.09. The number of halogens is 1. The first kappa shape index (κ1) is 24.9. The van der Waals surface area contributed by atoms with E-state index in [9.17, 15) is 22.8 Å². The molecule has 0 saturated heterocycles. The summed E-state index contributed by atoms with van der Waals surface area (Å²) in [6, 6.07) is 20.1. The highest BCUT2D eigenvalue weighted by Crippen LogP contribution is 2.20. The quantitative estimate of drug-likeness (QED) is 0.431. The Labute approximate surface area is 202 Å². The molecule has 176 valence electrons. The molecule has 0 spiro atoms. The van der Waals surface area contributed by atoms with Gasteiger partial charge in [0.25, 0.3) is 11.8 Å². The van der Waals surface area contributed by atoms with Crippen molar-refractivity contribution < 1.29 is 22.8 Å². The monoisotopic (exact) mass is 499 g/mol. The smallest absolute Gasteiger partial charge is 0.269 e. The number of sulfone groups is 1. The first-order valence-electron chi connectivity index (χ1n) is 10.1. The highest BCUT2D eigenvalue weighted by molar-refractivity contribution is 7.90. The molecular formula is C24H22ClN3O5S. The summed E-state index contributed by atoms with van der Waals surface area (Å²) in [4.78, 5) is 37.7. The lowest BCUT2D eigenvalue weighted by Gasteiger charge is -2.19. The first-order chi connectivity index (χ1) is 16.1. The molecule has 0 fully saturated rings. The third kappa shape index (κ3) is 6.66. The van der Waals surface area contributed by atoms with E-state index in [4.69, 9.17) is 11.6 Å². The summed E-state index contributed by atoms with van der Waals surface area (Å²) in [6.45, 7) is 0. The van der Waals surface area contributed by atoms with E-state index in [0.717, 1.165) is 6.26 Å². The SMILES string of the molecule is CS(=O)(=O)c1ccc(C(=O)NNC(=O)CC(NC(=O)c2ccccc2Cl)c2ccccc2)cc1.